The lowest BCUT2D eigenvalue weighted by molar-refractivity contribution is -0.0320. The topological polar surface area (TPSA) is 55.6 Å². The van der Waals surface area contributed by atoms with Gasteiger partial charge in [-0.1, -0.05) is 12.1 Å². The molecular formula is C18H16N2O3. The Morgan fingerprint density at radius 3 is 3.00 bits per heavy atom. The largest absolute Gasteiger partial charge is 0.467 e. The fraction of sp³-hybridized carbons (Fsp3) is 0.222. The number of ether oxygens (including phenoxy) is 1. The molecule has 3 heterocycles. The Morgan fingerprint density at radius 2 is 2.13 bits per heavy atom. The third-order valence-electron chi connectivity index (χ3n) is 4.09. The van der Waals surface area contributed by atoms with E-state index >= 15 is 0 Å². The monoisotopic (exact) mass is 308 g/mol. The first-order valence-electron chi connectivity index (χ1n) is 7.61. The number of hydrogen-bond acceptors (Lipinski definition) is 4. The van der Waals surface area contributed by atoms with Crippen molar-refractivity contribution in [1.82, 2.24) is 9.88 Å². The first kappa shape index (κ1) is 14.0. The molecule has 23 heavy (non-hydrogen) atoms. The predicted molar refractivity (Wildman–Crippen MR) is 85.0 cm³/mol. The maximum atomic E-state index is 12.9. The number of benzene rings is 1. The molecule has 0 saturated carbocycles. The number of rotatable bonds is 2. The Bertz CT molecular complexity index is 824. The van der Waals surface area contributed by atoms with Gasteiger partial charge in [0.25, 0.3) is 5.91 Å². The summed E-state index contributed by atoms with van der Waals surface area (Å²) in [7, 11) is 0. The van der Waals surface area contributed by atoms with Crippen LogP contribution in [0.1, 0.15) is 22.2 Å². The highest BCUT2D eigenvalue weighted by atomic mass is 16.5. The molecule has 0 bridgehead atoms. The molecule has 1 aliphatic rings. The molecular weight excluding hydrogens is 292 g/mol. The van der Waals surface area contributed by atoms with Crippen molar-refractivity contribution < 1.29 is 13.9 Å². The van der Waals surface area contributed by atoms with Crippen molar-refractivity contribution in [2.45, 2.75) is 6.10 Å². The van der Waals surface area contributed by atoms with Gasteiger partial charge in [-0.2, -0.15) is 0 Å². The summed E-state index contributed by atoms with van der Waals surface area (Å²) >= 11 is 0. The lowest BCUT2D eigenvalue weighted by Gasteiger charge is -2.32. The summed E-state index contributed by atoms with van der Waals surface area (Å²) in [6, 6.07) is 13.1. The number of morpholine rings is 1. The van der Waals surface area contributed by atoms with Crippen molar-refractivity contribution in [1.29, 1.82) is 0 Å². The first-order valence-corrected chi connectivity index (χ1v) is 7.61. The molecule has 0 N–H and O–H groups in total. The third kappa shape index (κ3) is 2.59. The van der Waals surface area contributed by atoms with Crippen molar-refractivity contribution >= 4 is 16.8 Å². The Kier molecular flexibility index (Phi) is 3.55. The van der Waals surface area contributed by atoms with Gasteiger partial charge < -0.3 is 14.1 Å². The minimum atomic E-state index is -0.212. The lowest BCUT2D eigenvalue weighted by Crippen LogP contribution is -2.42. The van der Waals surface area contributed by atoms with Crippen molar-refractivity contribution in [3.63, 3.8) is 0 Å². The number of carbonyl (C=O) groups is 1. The molecule has 1 saturated heterocycles. The van der Waals surface area contributed by atoms with Gasteiger partial charge in [0.15, 0.2) is 0 Å². The van der Waals surface area contributed by atoms with Crippen LogP contribution in [0.4, 0.5) is 0 Å². The van der Waals surface area contributed by atoms with E-state index in [1.807, 2.05) is 47.4 Å². The van der Waals surface area contributed by atoms with E-state index in [9.17, 15) is 4.79 Å². The molecule has 1 aromatic carbocycles. The Balaban J connectivity index is 1.63. The maximum absolute atomic E-state index is 12.9. The zero-order chi connectivity index (χ0) is 15.6. The van der Waals surface area contributed by atoms with E-state index in [0.29, 0.717) is 25.3 Å². The molecule has 0 unspecified atom stereocenters. The number of aromatic nitrogens is 1. The zero-order valence-corrected chi connectivity index (χ0v) is 12.5. The number of amides is 1. The van der Waals surface area contributed by atoms with Crippen LogP contribution in [-0.2, 0) is 4.74 Å². The van der Waals surface area contributed by atoms with Gasteiger partial charge in [0.1, 0.15) is 11.9 Å². The first-order chi connectivity index (χ1) is 11.3. The maximum Gasteiger partial charge on any atom is 0.254 e. The van der Waals surface area contributed by atoms with E-state index in [1.54, 1.807) is 12.5 Å². The Labute approximate surface area is 133 Å². The fourth-order valence-electron chi connectivity index (χ4n) is 2.94. The average molecular weight is 308 g/mol. The van der Waals surface area contributed by atoms with E-state index in [2.05, 4.69) is 4.98 Å². The van der Waals surface area contributed by atoms with E-state index in [-0.39, 0.29) is 12.0 Å². The molecule has 2 aromatic heterocycles. The summed E-state index contributed by atoms with van der Waals surface area (Å²) in [6.45, 7) is 1.57. The van der Waals surface area contributed by atoms with Gasteiger partial charge in [0.2, 0.25) is 0 Å². The molecule has 1 fully saturated rings. The smallest absolute Gasteiger partial charge is 0.254 e. The van der Waals surface area contributed by atoms with Crippen LogP contribution in [0.15, 0.2) is 59.3 Å². The van der Waals surface area contributed by atoms with E-state index in [4.69, 9.17) is 9.15 Å². The van der Waals surface area contributed by atoms with Crippen LogP contribution in [0.3, 0.4) is 0 Å². The van der Waals surface area contributed by atoms with Crippen LogP contribution in [0.25, 0.3) is 10.9 Å². The van der Waals surface area contributed by atoms with Gasteiger partial charge >= 0.3 is 0 Å². The van der Waals surface area contributed by atoms with Crippen LogP contribution in [-0.4, -0.2) is 35.5 Å². The Hall–Kier alpha value is -2.66. The summed E-state index contributed by atoms with van der Waals surface area (Å²) in [5.74, 6) is 0.755. The molecule has 1 amide bonds. The molecule has 0 spiro atoms. The highest BCUT2D eigenvalue weighted by Crippen LogP contribution is 2.25. The van der Waals surface area contributed by atoms with Gasteiger partial charge in [0.05, 0.1) is 24.9 Å². The number of carbonyl (C=O) groups excluding carboxylic acids is 1. The number of hydrogen-bond donors (Lipinski definition) is 0. The number of fused-ring (bicyclic) bond motifs is 1. The second kappa shape index (κ2) is 5.85. The molecule has 5 nitrogen and oxygen atoms in total. The zero-order valence-electron chi connectivity index (χ0n) is 12.5. The Morgan fingerprint density at radius 1 is 1.17 bits per heavy atom. The number of furan rings is 1. The number of pyridine rings is 1. The van der Waals surface area contributed by atoms with Crippen LogP contribution < -0.4 is 0 Å². The summed E-state index contributed by atoms with van der Waals surface area (Å²) in [5, 5.41) is 0.876. The highest BCUT2D eigenvalue weighted by Gasteiger charge is 2.28. The molecule has 0 radical (unpaired) electrons. The van der Waals surface area contributed by atoms with Crippen molar-refractivity contribution in [3.8, 4) is 0 Å². The predicted octanol–water partition coefficient (Wildman–Crippen LogP) is 3.04. The molecule has 5 heteroatoms. The van der Waals surface area contributed by atoms with Crippen LogP contribution in [0.5, 0.6) is 0 Å². The summed E-state index contributed by atoms with van der Waals surface area (Å²) in [4.78, 5) is 19.1. The fourth-order valence-corrected chi connectivity index (χ4v) is 2.94. The molecule has 0 aliphatic carbocycles. The second-order valence-electron chi connectivity index (χ2n) is 5.50. The minimum absolute atomic E-state index is 0.00320. The van der Waals surface area contributed by atoms with Crippen LogP contribution in [0, 0.1) is 0 Å². The van der Waals surface area contributed by atoms with Gasteiger partial charge in [-0.3, -0.25) is 9.78 Å². The van der Waals surface area contributed by atoms with Crippen molar-refractivity contribution in [2.24, 2.45) is 0 Å². The SMILES string of the molecule is O=C(c1cccc2ncccc12)N1CCO[C@@H](c2ccco2)C1. The second-order valence-corrected chi connectivity index (χ2v) is 5.50. The average Bonchev–Trinajstić information content (AvgIpc) is 3.15. The van der Waals surface area contributed by atoms with Crippen molar-refractivity contribution in [3.05, 3.63) is 66.2 Å². The minimum Gasteiger partial charge on any atom is -0.467 e. The van der Waals surface area contributed by atoms with E-state index in [1.165, 1.54) is 0 Å². The van der Waals surface area contributed by atoms with Gasteiger partial charge in [0, 0.05) is 23.7 Å². The molecule has 3 aromatic rings. The van der Waals surface area contributed by atoms with Crippen LogP contribution >= 0.6 is 0 Å². The summed E-state index contributed by atoms with van der Waals surface area (Å²) in [5.41, 5.74) is 1.50. The van der Waals surface area contributed by atoms with Gasteiger partial charge in [-0.25, -0.2) is 0 Å². The molecule has 1 aliphatic heterocycles. The highest BCUT2D eigenvalue weighted by molar-refractivity contribution is 6.06. The van der Waals surface area contributed by atoms with Gasteiger partial charge in [-0.15, -0.1) is 0 Å². The van der Waals surface area contributed by atoms with Crippen molar-refractivity contribution in [2.75, 3.05) is 19.7 Å². The van der Waals surface area contributed by atoms with Crippen LogP contribution in [0.2, 0.25) is 0 Å². The third-order valence-corrected chi connectivity index (χ3v) is 4.09. The molecule has 1 atom stereocenters. The normalized spacial score (nSPS) is 18.3. The standard InChI is InChI=1S/C18H16N2O3/c21-18(14-4-1-6-15-13(14)5-2-8-19-15)20-9-11-23-17(12-20)16-7-3-10-22-16/h1-8,10,17H,9,11-12H2/t17-/m1/s1. The quantitative estimate of drug-likeness (QED) is 0.730. The van der Waals surface area contributed by atoms with E-state index < -0.39 is 0 Å². The molecule has 116 valence electrons. The molecule has 4 rings (SSSR count). The van der Waals surface area contributed by atoms with E-state index in [0.717, 1.165) is 16.7 Å². The van der Waals surface area contributed by atoms with Gasteiger partial charge in [-0.05, 0) is 30.3 Å². The number of nitrogens with zero attached hydrogens (tertiary/aromatic N) is 2. The summed E-state index contributed by atoms with van der Waals surface area (Å²) < 4.78 is 11.1. The summed E-state index contributed by atoms with van der Waals surface area (Å²) in [6.07, 6.45) is 3.14. The lowest BCUT2D eigenvalue weighted by atomic mass is 10.1.